The summed E-state index contributed by atoms with van der Waals surface area (Å²) in [6, 6.07) is 10.5. The highest BCUT2D eigenvalue weighted by Gasteiger charge is 2.20. The molecule has 0 N–H and O–H groups in total. The van der Waals surface area contributed by atoms with E-state index in [0.717, 1.165) is 31.1 Å². The predicted octanol–water partition coefficient (Wildman–Crippen LogP) is 3.73. The van der Waals surface area contributed by atoms with Gasteiger partial charge >= 0.3 is 0 Å². The molecule has 0 saturated carbocycles. The number of anilines is 1. The molecule has 3 nitrogen and oxygen atoms in total. The lowest BCUT2D eigenvalue weighted by Crippen LogP contribution is -2.48. The molecule has 2 heterocycles. The van der Waals surface area contributed by atoms with Gasteiger partial charge in [-0.15, -0.1) is 11.3 Å². The summed E-state index contributed by atoms with van der Waals surface area (Å²) in [6.45, 7) is 7.66. The molecule has 120 valence electrons. The van der Waals surface area contributed by atoms with Gasteiger partial charge in [0, 0.05) is 42.8 Å². The van der Waals surface area contributed by atoms with Crippen molar-refractivity contribution < 1.29 is 4.79 Å². The van der Waals surface area contributed by atoms with E-state index < -0.39 is 0 Å². The van der Waals surface area contributed by atoms with Crippen molar-refractivity contribution in [3.05, 3.63) is 57.8 Å². The standard InChI is InChI=1S/C19H22N2OS/c1-15-5-3-7-18(16(15)2)20-10-12-21(13-11-20)19(22)9-8-17-6-4-14-23-17/h3-9,14H,10-13H2,1-2H3/b9-8-. The zero-order valence-electron chi connectivity index (χ0n) is 13.7. The van der Waals surface area contributed by atoms with Crippen LogP contribution >= 0.6 is 11.3 Å². The van der Waals surface area contributed by atoms with Gasteiger partial charge in [-0.25, -0.2) is 0 Å². The van der Waals surface area contributed by atoms with Gasteiger partial charge in [0.2, 0.25) is 5.91 Å². The third-order valence-corrected chi connectivity index (χ3v) is 5.28. The molecule has 2 aromatic rings. The summed E-state index contributed by atoms with van der Waals surface area (Å²) in [4.78, 5) is 17.7. The van der Waals surface area contributed by atoms with E-state index in [1.165, 1.54) is 16.8 Å². The lowest BCUT2D eigenvalue weighted by atomic mass is 10.1. The van der Waals surface area contributed by atoms with Gasteiger partial charge in [0.25, 0.3) is 0 Å². The zero-order chi connectivity index (χ0) is 16.2. The number of aryl methyl sites for hydroxylation is 1. The summed E-state index contributed by atoms with van der Waals surface area (Å²) in [5.41, 5.74) is 3.95. The summed E-state index contributed by atoms with van der Waals surface area (Å²) in [5.74, 6) is 0.110. The Morgan fingerprint density at radius 3 is 2.57 bits per heavy atom. The Bertz CT molecular complexity index is 698. The minimum Gasteiger partial charge on any atom is -0.368 e. The van der Waals surface area contributed by atoms with Crippen LogP contribution in [-0.4, -0.2) is 37.0 Å². The Balaban J connectivity index is 1.60. The summed E-state index contributed by atoms with van der Waals surface area (Å²) in [5, 5.41) is 2.02. The summed E-state index contributed by atoms with van der Waals surface area (Å²) < 4.78 is 0. The van der Waals surface area contributed by atoms with Gasteiger partial charge in [-0.3, -0.25) is 4.79 Å². The number of hydrogen-bond acceptors (Lipinski definition) is 3. The average Bonchev–Trinajstić information content (AvgIpc) is 3.09. The number of carbonyl (C=O) groups is 1. The second-order valence-electron chi connectivity index (χ2n) is 5.88. The Morgan fingerprint density at radius 2 is 1.87 bits per heavy atom. The molecule has 23 heavy (non-hydrogen) atoms. The van der Waals surface area contributed by atoms with E-state index in [0.29, 0.717) is 0 Å². The van der Waals surface area contributed by atoms with Crippen molar-refractivity contribution in [1.82, 2.24) is 4.90 Å². The molecule has 0 spiro atoms. The number of rotatable bonds is 3. The van der Waals surface area contributed by atoms with Crippen LogP contribution in [0.3, 0.4) is 0 Å². The van der Waals surface area contributed by atoms with Crippen LogP contribution in [0.4, 0.5) is 5.69 Å². The zero-order valence-corrected chi connectivity index (χ0v) is 14.5. The third-order valence-electron chi connectivity index (χ3n) is 4.44. The van der Waals surface area contributed by atoms with Crippen LogP contribution in [0.2, 0.25) is 0 Å². The van der Waals surface area contributed by atoms with E-state index in [-0.39, 0.29) is 5.91 Å². The minimum absolute atomic E-state index is 0.110. The molecule has 1 aromatic heterocycles. The first-order valence-electron chi connectivity index (χ1n) is 7.97. The third kappa shape index (κ3) is 3.64. The average molecular weight is 326 g/mol. The molecule has 1 aliphatic heterocycles. The highest BCUT2D eigenvalue weighted by atomic mass is 32.1. The van der Waals surface area contributed by atoms with Gasteiger partial charge in [0.1, 0.15) is 0 Å². The molecule has 1 amide bonds. The summed E-state index contributed by atoms with van der Waals surface area (Å²) in [7, 11) is 0. The molecular weight excluding hydrogens is 304 g/mol. The molecule has 1 aromatic carbocycles. The smallest absolute Gasteiger partial charge is 0.246 e. The Morgan fingerprint density at radius 1 is 1.09 bits per heavy atom. The van der Waals surface area contributed by atoms with Crippen LogP contribution in [0.25, 0.3) is 6.08 Å². The van der Waals surface area contributed by atoms with Gasteiger partial charge in [-0.05, 0) is 48.6 Å². The number of nitrogens with zero attached hydrogens (tertiary/aromatic N) is 2. The fourth-order valence-electron chi connectivity index (χ4n) is 2.89. The van der Waals surface area contributed by atoms with Gasteiger partial charge in [0.05, 0.1) is 0 Å². The molecule has 1 fully saturated rings. The van der Waals surface area contributed by atoms with Crippen molar-refractivity contribution in [3.8, 4) is 0 Å². The first-order chi connectivity index (χ1) is 11.1. The monoisotopic (exact) mass is 326 g/mol. The van der Waals surface area contributed by atoms with Crippen molar-refractivity contribution in [2.24, 2.45) is 0 Å². The number of carbonyl (C=O) groups excluding carboxylic acids is 1. The van der Waals surface area contributed by atoms with Crippen molar-refractivity contribution in [2.75, 3.05) is 31.1 Å². The summed E-state index contributed by atoms with van der Waals surface area (Å²) >= 11 is 1.65. The molecule has 0 radical (unpaired) electrons. The van der Waals surface area contributed by atoms with E-state index in [2.05, 4.69) is 36.9 Å². The minimum atomic E-state index is 0.110. The fourth-order valence-corrected chi connectivity index (χ4v) is 3.51. The number of hydrogen-bond donors (Lipinski definition) is 0. The molecule has 1 saturated heterocycles. The van der Waals surface area contributed by atoms with Gasteiger partial charge < -0.3 is 9.80 Å². The van der Waals surface area contributed by atoms with Crippen LogP contribution in [0.5, 0.6) is 0 Å². The molecule has 4 heteroatoms. The van der Waals surface area contributed by atoms with Crippen molar-refractivity contribution in [2.45, 2.75) is 13.8 Å². The molecule has 0 unspecified atom stereocenters. The van der Waals surface area contributed by atoms with E-state index in [4.69, 9.17) is 0 Å². The largest absolute Gasteiger partial charge is 0.368 e. The second kappa shape index (κ2) is 7.01. The van der Waals surface area contributed by atoms with E-state index in [1.54, 1.807) is 17.4 Å². The van der Waals surface area contributed by atoms with Gasteiger partial charge in [-0.2, -0.15) is 0 Å². The Kier molecular flexibility index (Phi) is 4.82. The molecule has 0 aliphatic carbocycles. The highest BCUT2D eigenvalue weighted by Crippen LogP contribution is 2.24. The van der Waals surface area contributed by atoms with Crippen LogP contribution < -0.4 is 4.90 Å². The fraction of sp³-hybridized carbons (Fsp3) is 0.316. The van der Waals surface area contributed by atoms with E-state index >= 15 is 0 Å². The first-order valence-corrected chi connectivity index (χ1v) is 8.85. The van der Waals surface area contributed by atoms with Crippen LogP contribution in [0.1, 0.15) is 16.0 Å². The molecular formula is C19H22N2OS. The van der Waals surface area contributed by atoms with Crippen molar-refractivity contribution in [3.63, 3.8) is 0 Å². The number of amides is 1. The highest BCUT2D eigenvalue weighted by molar-refractivity contribution is 7.10. The van der Waals surface area contributed by atoms with Crippen molar-refractivity contribution >= 4 is 29.0 Å². The maximum atomic E-state index is 12.3. The van der Waals surface area contributed by atoms with Crippen LogP contribution in [-0.2, 0) is 4.79 Å². The normalized spacial score (nSPS) is 15.4. The van der Waals surface area contributed by atoms with Crippen molar-refractivity contribution in [1.29, 1.82) is 0 Å². The van der Waals surface area contributed by atoms with Gasteiger partial charge in [0.15, 0.2) is 0 Å². The Labute approximate surface area is 141 Å². The number of thiophene rings is 1. The number of benzene rings is 1. The van der Waals surface area contributed by atoms with Gasteiger partial charge in [-0.1, -0.05) is 18.2 Å². The van der Waals surface area contributed by atoms with Crippen LogP contribution in [0, 0.1) is 13.8 Å². The SMILES string of the molecule is Cc1cccc(N2CCN(C(=O)/C=C\c3cccs3)CC2)c1C. The second-order valence-corrected chi connectivity index (χ2v) is 6.86. The predicted molar refractivity (Wildman–Crippen MR) is 98.1 cm³/mol. The maximum Gasteiger partial charge on any atom is 0.246 e. The molecule has 0 bridgehead atoms. The number of piperazine rings is 1. The lowest BCUT2D eigenvalue weighted by molar-refractivity contribution is -0.126. The van der Waals surface area contributed by atoms with E-state index in [9.17, 15) is 4.79 Å². The molecule has 3 rings (SSSR count). The topological polar surface area (TPSA) is 23.6 Å². The molecule has 1 aliphatic rings. The molecule has 0 atom stereocenters. The quantitative estimate of drug-likeness (QED) is 0.803. The summed E-state index contributed by atoms with van der Waals surface area (Å²) in [6.07, 6.45) is 3.60. The Hall–Kier alpha value is -2.07. The first kappa shape index (κ1) is 15.8. The van der Waals surface area contributed by atoms with Crippen LogP contribution in [0.15, 0.2) is 41.8 Å². The van der Waals surface area contributed by atoms with E-state index in [1.807, 2.05) is 28.5 Å². The lowest BCUT2D eigenvalue weighted by Gasteiger charge is -2.36. The maximum absolute atomic E-state index is 12.3.